The van der Waals surface area contributed by atoms with E-state index in [1.54, 1.807) is 11.3 Å². The molecule has 0 amide bonds. The number of imidazole rings is 1. The van der Waals surface area contributed by atoms with Crippen LogP contribution in [-0.2, 0) is 27.2 Å². The van der Waals surface area contributed by atoms with Gasteiger partial charge in [0.25, 0.3) is 5.56 Å². The molecule has 0 N–H and O–H groups in total. The Kier molecular flexibility index (Phi) is 5.03. The van der Waals surface area contributed by atoms with Crippen LogP contribution in [0.1, 0.15) is 26.6 Å². The molecule has 0 unspecified atom stereocenters. The Hall–Kier alpha value is -2.91. The number of nitrogens with zero attached hydrogens (tertiary/aromatic N) is 5. The lowest BCUT2D eigenvalue weighted by molar-refractivity contribution is 0.0972. The normalized spacial score (nSPS) is 11.5. The van der Waals surface area contributed by atoms with E-state index in [1.165, 1.54) is 28.1 Å². The summed E-state index contributed by atoms with van der Waals surface area (Å²) in [7, 11) is 2.90. The molecule has 4 heterocycles. The van der Waals surface area contributed by atoms with Gasteiger partial charge >= 0.3 is 5.69 Å². The number of carbonyl (C=O) groups is 1. The van der Waals surface area contributed by atoms with E-state index in [-0.39, 0.29) is 28.8 Å². The van der Waals surface area contributed by atoms with Gasteiger partial charge in [-0.1, -0.05) is 6.07 Å². The molecule has 4 aromatic heterocycles. The molecule has 4 aromatic rings. The maximum Gasteiger partial charge on any atom is 0.332 e. The highest BCUT2D eigenvalue weighted by atomic mass is 35.5. The Morgan fingerprint density at radius 2 is 1.90 bits per heavy atom. The van der Waals surface area contributed by atoms with E-state index >= 15 is 0 Å². The molecule has 0 saturated heterocycles. The van der Waals surface area contributed by atoms with Crippen molar-refractivity contribution in [2.75, 3.05) is 0 Å². The van der Waals surface area contributed by atoms with Crippen LogP contribution in [0.2, 0.25) is 5.28 Å². The molecule has 0 aliphatic rings. The zero-order chi connectivity index (χ0) is 21.7. The van der Waals surface area contributed by atoms with Crippen LogP contribution in [0.3, 0.4) is 0 Å². The second kappa shape index (κ2) is 7.41. The van der Waals surface area contributed by atoms with E-state index in [0.29, 0.717) is 12.1 Å². The van der Waals surface area contributed by atoms with Crippen molar-refractivity contribution >= 4 is 39.9 Å². The van der Waals surface area contributed by atoms with Crippen LogP contribution in [0.5, 0.6) is 0 Å². The van der Waals surface area contributed by atoms with Gasteiger partial charge < -0.3 is 9.13 Å². The minimum Gasteiger partial charge on any atom is -0.343 e. The minimum atomic E-state index is -0.538. The third-order valence-electron chi connectivity index (χ3n) is 5.37. The van der Waals surface area contributed by atoms with Crippen molar-refractivity contribution < 1.29 is 4.79 Å². The summed E-state index contributed by atoms with van der Waals surface area (Å²) in [5.41, 5.74) is 1.65. The molecule has 0 bridgehead atoms. The van der Waals surface area contributed by atoms with Crippen LogP contribution in [0.4, 0.5) is 0 Å². The van der Waals surface area contributed by atoms with E-state index in [9.17, 15) is 14.4 Å². The Bertz CT molecular complexity index is 1410. The van der Waals surface area contributed by atoms with Gasteiger partial charge in [0.05, 0.1) is 13.1 Å². The minimum absolute atomic E-state index is 0.0101. The van der Waals surface area contributed by atoms with Gasteiger partial charge in [-0.2, -0.15) is 4.98 Å². The number of Topliss-reactive ketones (excluding diaryl/α,β-unsaturated/α-hetero) is 1. The van der Waals surface area contributed by atoms with Crippen molar-refractivity contribution in [3.63, 3.8) is 0 Å². The topological polar surface area (TPSA) is 83.8 Å². The molecule has 10 heteroatoms. The number of rotatable bonds is 5. The first-order valence-electron chi connectivity index (χ1n) is 9.24. The fourth-order valence-corrected chi connectivity index (χ4v) is 4.60. The Labute approximate surface area is 180 Å². The zero-order valence-electron chi connectivity index (χ0n) is 17.0. The fraction of sp³-hybridized carbons (Fsp3) is 0.300. The number of ketones is 1. The Morgan fingerprint density at radius 1 is 1.17 bits per heavy atom. The maximum absolute atomic E-state index is 13.1. The predicted octanol–water partition coefficient (Wildman–Crippen LogP) is 2.50. The lowest BCUT2D eigenvalue weighted by Crippen LogP contribution is -2.37. The van der Waals surface area contributed by atoms with Gasteiger partial charge in [0.2, 0.25) is 5.28 Å². The number of hydrogen-bond donors (Lipinski definition) is 0. The average Bonchev–Trinajstić information content (AvgIpc) is 3.40. The van der Waals surface area contributed by atoms with Gasteiger partial charge in [-0.25, -0.2) is 4.79 Å². The van der Waals surface area contributed by atoms with Crippen molar-refractivity contribution in [1.82, 2.24) is 23.3 Å². The smallest absolute Gasteiger partial charge is 0.332 e. The fourth-order valence-electron chi connectivity index (χ4n) is 3.68. The third kappa shape index (κ3) is 3.14. The third-order valence-corrected chi connectivity index (χ3v) is 6.52. The number of carbonyl (C=O) groups excluding carboxylic acids is 1. The molecule has 0 spiro atoms. The van der Waals surface area contributed by atoms with Crippen LogP contribution in [0, 0.1) is 13.8 Å². The number of aryl methyl sites for hydroxylation is 2. The Morgan fingerprint density at radius 3 is 2.57 bits per heavy atom. The Balaban J connectivity index is 1.75. The van der Waals surface area contributed by atoms with E-state index in [0.717, 1.165) is 16.0 Å². The first-order chi connectivity index (χ1) is 14.2. The molecular formula is C20H20ClN5O3S. The highest BCUT2D eigenvalue weighted by Gasteiger charge is 2.22. The lowest BCUT2D eigenvalue weighted by atomic mass is 10.1. The summed E-state index contributed by atoms with van der Waals surface area (Å²) < 4.78 is 5.69. The second-order valence-electron chi connectivity index (χ2n) is 7.22. The van der Waals surface area contributed by atoms with Gasteiger partial charge in [-0.15, -0.1) is 11.3 Å². The first-order valence-corrected chi connectivity index (χ1v) is 10.5. The second-order valence-corrected chi connectivity index (χ2v) is 8.59. The molecule has 0 radical (unpaired) electrons. The molecule has 0 aromatic carbocycles. The highest BCUT2D eigenvalue weighted by Crippen LogP contribution is 2.22. The summed E-state index contributed by atoms with van der Waals surface area (Å²) in [6.07, 6.45) is 0. The summed E-state index contributed by atoms with van der Waals surface area (Å²) >= 11 is 7.92. The molecule has 30 heavy (non-hydrogen) atoms. The molecule has 0 aliphatic heterocycles. The van der Waals surface area contributed by atoms with Crippen molar-refractivity contribution in [2.45, 2.75) is 26.9 Å². The first kappa shape index (κ1) is 20.4. The van der Waals surface area contributed by atoms with E-state index in [2.05, 4.69) is 15.6 Å². The van der Waals surface area contributed by atoms with E-state index in [4.69, 9.17) is 11.6 Å². The molecule has 0 saturated carbocycles. The zero-order valence-corrected chi connectivity index (χ0v) is 18.5. The summed E-state index contributed by atoms with van der Waals surface area (Å²) in [5, 5.41) is 2.01. The summed E-state index contributed by atoms with van der Waals surface area (Å²) in [6, 6.07) is 5.91. The maximum atomic E-state index is 13.1. The standard InChI is InChI=1S/C20H20ClN5O3S/c1-11-8-14(12(2)25(11)9-13-6-5-7-30-13)15(27)10-26-16-17(22-19(26)21)23(3)20(29)24(4)18(16)28/h5-8H,9-10H2,1-4H3. The molecule has 4 rings (SSSR count). The van der Waals surface area contributed by atoms with Crippen molar-refractivity contribution in [1.29, 1.82) is 0 Å². The monoisotopic (exact) mass is 445 g/mol. The molecule has 0 atom stereocenters. The van der Waals surface area contributed by atoms with Gasteiger partial charge in [0.1, 0.15) is 0 Å². The largest absolute Gasteiger partial charge is 0.343 e. The van der Waals surface area contributed by atoms with E-state index in [1.807, 2.05) is 31.4 Å². The number of halogens is 1. The average molecular weight is 446 g/mol. The van der Waals surface area contributed by atoms with Crippen LogP contribution >= 0.6 is 22.9 Å². The van der Waals surface area contributed by atoms with Crippen molar-refractivity contribution in [3.8, 4) is 0 Å². The summed E-state index contributed by atoms with van der Waals surface area (Å²) in [6.45, 7) is 4.42. The lowest BCUT2D eigenvalue weighted by Gasteiger charge is -2.09. The van der Waals surface area contributed by atoms with Crippen molar-refractivity contribution in [2.24, 2.45) is 14.1 Å². The molecule has 0 aliphatic carbocycles. The molecule has 156 valence electrons. The SMILES string of the molecule is Cc1cc(C(=O)Cn2c(Cl)nc3c2c(=O)n(C)c(=O)n3C)c(C)n1Cc1cccs1. The van der Waals surface area contributed by atoms with Gasteiger partial charge in [-0.05, 0) is 43.0 Å². The molecule has 8 nitrogen and oxygen atoms in total. The number of aromatic nitrogens is 5. The predicted molar refractivity (Wildman–Crippen MR) is 117 cm³/mol. The summed E-state index contributed by atoms with van der Waals surface area (Å²) in [5.74, 6) is -0.183. The van der Waals surface area contributed by atoms with Gasteiger partial charge in [0.15, 0.2) is 16.9 Å². The number of thiophene rings is 1. The molecular weight excluding hydrogens is 426 g/mol. The van der Waals surface area contributed by atoms with Gasteiger partial charge in [0, 0.05) is 35.9 Å². The highest BCUT2D eigenvalue weighted by molar-refractivity contribution is 7.09. The quantitative estimate of drug-likeness (QED) is 0.349. The number of hydrogen-bond acceptors (Lipinski definition) is 5. The van der Waals surface area contributed by atoms with Gasteiger partial charge in [-0.3, -0.25) is 18.7 Å². The number of fused-ring (bicyclic) bond motifs is 1. The van der Waals surface area contributed by atoms with Crippen LogP contribution in [0.25, 0.3) is 11.2 Å². The summed E-state index contributed by atoms with van der Waals surface area (Å²) in [4.78, 5) is 43.3. The van der Waals surface area contributed by atoms with Crippen LogP contribution in [0.15, 0.2) is 33.2 Å². The van der Waals surface area contributed by atoms with Crippen LogP contribution < -0.4 is 11.2 Å². The molecule has 0 fully saturated rings. The van der Waals surface area contributed by atoms with Crippen LogP contribution in [-0.4, -0.2) is 29.0 Å². The van der Waals surface area contributed by atoms with E-state index < -0.39 is 11.2 Å². The van der Waals surface area contributed by atoms with Crippen molar-refractivity contribution in [3.05, 3.63) is 71.5 Å².